The van der Waals surface area contributed by atoms with Gasteiger partial charge in [-0.3, -0.25) is 49.6 Å². The molecule has 0 fully saturated rings. The van der Waals surface area contributed by atoms with E-state index in [0.717, 1.165) is 0 Å². The van der Waals surface area contributed by atoms with Crippen molar-refractivity contribution >= 4 is 35.4 Å². The summed E-state index contributed by atoms with van der Waals surface area (Å²) in [5.41, 5.74) is 0. The van der Waals surface area contributed by atoms with E-state index in [-0.39, 0.29) is 63.7 Å². The van der Waals surface area contributed by atoms with Gasteiger partial charge in [0.15, 0.2) is 0 Å². The number of hydrogen-bond donors (Lipinski definition) is 6. The molecule has 0 aliphatic carbocycles. The minimum atomic E-state index is -0.593. The molecule has 0 bridgehead atoms. The SMILES string of the molecule is CC(=O)N(O)CCCCCNC(=O)CCC(=O)N(O)CCCCCN(O)C(=O)CCC(=O)NCCCCCN(O)C(C)=O. The summed E-state index contributed by atoms with van der Waals surface area (Å²) in [7, 11) is 0. The third-order valence-corrected chi connectivity index (χ3v) is 6.41. The van der Waals surface area contributed by atoms with Gasteiger partial charge in [0.1, 0.15) is 0 Å². The van der Waals surface area contributed by atoms with E-state index in [1.807, 2.05) is 0 Å². The Hall–Kier alpha value is -3.34. The van der Waals surface area contributed by atoms with E-state index in [1.54, 1.807) is 0 Å². The number of nitrogens with one attached hydrogen (secondary N) is 2. The molecule has 0 aromatic carbocycles. The van der Waals surface area contributed by atoms with Crippen LogP contribution in [0, 0.1) is 0 Å². The standard InChI is InChI=1S/C27H50N6O10/c1-22(34)30(40)18-8-3-6-16-28-24(36)12-14-26(38)32(42)20-10-5-11-21-33(43)27(39)15-13-25(37)29-17-7-4-9-19-31(41)23(2)35/h40-43H,3-21H2,1-2H3,(H,28,36)(H,29,37). The fourth-order valence-electron chi connectivity index (χ4n) is 3.72. The molecule has 0 rings (SSSR count). The summed E-state index contributed by atoms with van der Waals surface area (Å²) in [6.45, 7) is 3.85. The Bertz CT molecular complexity index is 807. The zero-order valence-electron chi connectivity index (χ0n) is 25.5. The van der Waals surface area contributed by atoms with Gasteiger partial charge in [0, 0.05) is 78.8 Å². The van der Waals surface area contributed by atoms with E-state index < -0.39 is 23.6 Å². The van der Waals surface area contributed by atoms with Crippen molar-refractivity contribution < 1.29 is 49.6 Å². The Morgan fingerprint density at radius 3 is 1.07 bits per heavy atom. The van der Waals surface area contributed by atoms with Crippen LogP contribution in [0.5, 0.6) is 0 Å². The normalized spacial score (nSPS) is 10.6. The highest BCUT2D eigenvalue weighted by Gasteiger charge is 2.15. The van der Waals surface area contributed by atoms with Crippen LogP contribution in [0.1, 0.15) is 97.3 Å². The van der Waals surface area contributed by atoms with Crippen molar-refractivity contribution in [1.82, 2.24) is 30.9 Å². The second-order valence-electron chi connectivity index (χ2n) is 10.2. The molecule has 248 valence electrons. The van der Waals surface area contributed by atoms with E-state index in [4.69, 9.17) is 0 Å². The van der Waals surface area contributed by atoms with Crippen molar-refractivity contribution in [1.29, 1.82) is 0 Å². The monoisotopic (exact) mass is 618 g/mol. The van der Waals surface area contributed by atoms with Gasteiger partial charge in [0.05, 0.1) is 0 Å². The van der Waals surface area contributed by atoms with Crippen LogP contribution in [0.4, 0.5) is 0 Å². The van der Waals surface area contributed by atoms with E-state index in [9.17, 15) is 49.6 Å². The van der Waals surface area contributed by atoms with Gasteiger partial charge in [-0.2, -0.15) is 0 Å². The maximum atomic E-state index is 12.0. The molecule has 16 heteroatoms. The lowest BCUT2D eigenvalue weighted by molar-refractivity contribution is -0.167. The number of amides is 6. The zero-order chi connectivity index (χ0) is 32.6. The van der Waals surface area contributed by atoms with Gasteiger partial charge in [-0.05, 0) is 57.8 Å². The predicted molar refractivity (Wildman–Crippen MR) is 151 cm³/mol. The van der Waals surface area contributed by atoms with Crippen LogP contribution in [0.2, 0.25) is 0 Å². The molecule has 16 nitrogen and oxygen atoms in total. The summed E-state index contributed by atoms with van der Waals surface area (Å²) < 4.78 is 0. The summed E-state index contributed by atoms with van der Waals surface area (Å²) in [6, 6.07) is 0. The Morgan fingerprint density at radius 2 is 0.744 bits per heavy atom. The third-order valence-electron chi connectivity index (χ3n) is 6.41. The number of rotatable bonds is 24. The molecule has 0 saturated carbocycles. The molecule has 0 saturated heterocycles. The zero-order valence-corrected chi connectivity index (χ0v) is 25.5. The van der Waals surface area contributed by atoms with Crippen LogP contribution < -0.4 is 10.6 Å². The minimum Gasteiger partial charge on any atom is -0.356 e. The van der Waals surface area contributed by atoms with Crippen molar-refractivity contribution in [2.75, 3.05) is 39.3 Å². The summed E-state index contributed by atoms with van der Waals surface area (Å²) >= 11 is 0. The predicted octanol–water partition coefficient (Wildman–Crippen LogP) is 1.20. The molecule has 0 aliphatic rings. The number of nitrogens with zero attached hydrogens (tertiary/aromatic N) is 4. The van der Waals surface area contributed by atoms with Gasteiger partial charge >= 0.3 is 0 Å². The number of carbonyl (C=O) groups excluding carboxylic acids is 6. The summed E-state index contributed by atoms with van der Waals surface area (Å²) in [4.78, 5) is 69.6. The maximum Gasteiger partial charge on any atom is 0.246 e. The fraction of sp³-hybridized carbons (Fsp3) is 0.778. The molecule has 0 spiro atoms. The van der Waals surface area contributed by atoms with Crippen LogP contribution in [-0.4, -0.2) is 116 Å². The first-order valence-corrected chi connectivity index (χ1v) is 14.8. The molecule has 0 aromatic rings. The molecule has 6 N–H and O–H groups in total. The van der Waals surface area contributed by atoms with Crippen LogP contribution in [0.25, 0.3) is 0 Å². The number of unbranched alkanes of at least 4 members (excludes halogenated alkanes) is 6. The van der Waals surface area contributed by atoms with Crippen LogP contribution in [0.15, 0.2) is 0 Å². The van der Waals surface area contributed by atoms with Gasteiger partial charge in [-0.15, -0.1) is 0 Å². The maximum absolute atomic E-state index is 12.0. The van der Waals surface area contributed by atoms with Crippen molar-refractivity contribution in [3.05, 3.63) is 0 Å². The molecule has 0 atom stereocenters. The molecule has 0 aromatic heterocycles. The van der Waals surface area contributed by atoms with E-state index in [0.29, 0.717) is 91.1 Å². The van der Waals surface area contributed by atoms with E-state index in [2.05, 4.69) is 10.6 Å². The van der Waals surface area contributed by atoms with E-state index >= 15 is 0 Å². The summed E-state index contributed by atoms with van der Waals surface area (Å²) in [6.07, 6.45) is 4.78. The Labute approximate surface area is 252 Å². The second kappa shape index (κ2) is 24.1. The summed E-state index contributed by atoms with van der Waals surface area (Å²) in [5.74, 6) is -2.69. The van der Waals surface area contributed by atoms with Gasteiger partial charge in [-0.25, -0.2) is 20.3 Å². The Morgan fingerprint density at radius 1 is 0.442 bits per heavy atom. The lowest BCUT2D eigenvalue weighted by Crippen LogP contribution is -2.32. The first kappa shape index (κ1) is 39.7. The number of carbonyl (C=O) groups is 6. The van der Waals surface area contributed by atoms with Crippen molar-refractivity contribution in [3.63, 3.8) is 0 Å². The van der Waals surface area contributed by atoms with E-state index in [1.165, 1.54) is 13.8 Å². The molecule has 0 aliphatic heterocycles. The highest BCUT2D eigenvalue weighted by molar-refractivity contribution is 5.83. The minimum absolute atomic E-state index is 0.0388. The molecule has 6 amide bonds. The molecule has 43 heavy (non-hydrogen) atoms. The van der Waals surface area contributed by atoms with Crippen molar-refractivity contribution in [2.24, 2.45) is 0 Å². The molecule has 0 heterocycles. The topological polar surface area (TPSA) is 220 Å². The van der Waals surface area contributed by atoms with Crippen LogP contribution in [0.3, 0.4) is 0 Å². The number of hydroxylamine groups is 8. The second-order valence-corrected chi connectivity index (χ2v) is 10.2. The molecule has 0 radical (unpaired) electrons. The Kier molecular flexibility index (Phi) is 22.3. The summed E-state index contributed by atoms with van der Waals surface area (Å²) in [5, 5.41) is 46.0. The lowest BCUT2D eigenvalue weighted by Gasteiger charge is -2.16. The largest absolute Gasteiger partial charge is 0.356 e. The van der Waals surface area contributed by atoms with Crippen molar-refractivity contribution in [2.45, 2.75) is 97.3 Å². The van der Waals surface area contributed by atoms with Gasteiger partial charge in [-0.1, -0.05) is 0 Å². The first-order valence-electron chi connectivity index (χ1n) is 14.8. The average Bonchev–Trinajstić information content (AvgIpc) is 2.96. The molecular formula is C27H50N6O10. The van der Waals surface area contributed by atoms with Gasteiger partial charge < -0.3 is 10.6 Å². The highest BCUT2D eigenvalue weighted by Crippen LogP contribution is 2.04. The Balaban J connectivity index is 3.82. The fourth-order valence-corrected chi connectivity index (χ4v) is 3.72. The molecular weight excluding hydrogens is 568 g/mol. The highest BCUT2D eigenvalue weighted by atomic mass is 16.5. The van der Waals surface area contributed by atoms with Gasteiger partial charge in [0.25, 0.3) is 0 Å². The van der Waals surface area contributed by atoms with Crippen LogP contribution in [-0.2, 0) is 28.8 Å². The average molecular weight is 619 g/mol. The van der Waals surface area contributed by atoms with Crippen LogP contribution >= 0.6 is 0 Å². The lowest BCUT2D eigenvalue weighted by atomic mass is 10.2. The van der Waals surface area contributed by atoms with Crippen molar-refractivity contribution in [3.8, 4) is 0 Å². The van der Waals surface area contributed by atoms with Gasteiger partial charge in [0.2, 0.25) is 35.4 Å². The number of hydrogen-bond acceptors (Lipinski definition) is 10. The molecule has 0 unspecified atom stereocenters. The third kappa shape index (κ3) is 21.9. The smallest absolute Gasteiger partial charge is 0.246 e. The quantitative estimate of drug-likeness (QED) is 0.0515. The first-order chi connectivity index (χ1) is 20.3.